The third-order valence-electron chi connectivity index (χ3n) is 5.19. The van der Waals surface area contributed by atoms with Crippen LogP contribution in [-0.4, -0.2) is 46.7 Å². The molecule has 2 aromatic rings. The molecule has 0 bridgehead atoms. The van der Waals surface area contributed by atoms with Gasteiger partial charge in [0.05, 0.1) is 0 Å². The molecule has 1 aromatic carbocycles. The van der Waals surface area contributed by atoms with Crippen LogP contribution >= 0.6 is 0 Å². The minimum Gasteiger partial charge on any atom is -0.370 e. The van der Waals surface area contributed by atoms with Crippen molar-refractivity contribution < 1.29 is 0 Å². The number of imidazole rings is 1. The molecule has 3 rings (SSSR count). The van der Waals surface area contributed by atoms with Crippen LogP contribution in [0.15, 0.2) is 36.7 Å². The molecule has 0 spiro atoms. The maximum atomic E-state index is 4.45. The molecule has 1 aromatic heterocycles. The van der Waals surface area contributed by atoms with Crippen LogP contribution in [0.5, 0.6) is 0 Å². The number of hydrogen-bond donors (Lipinski definition) is 0. The summed E-state index contributed by atoms with van der Waals surface area (Å²) in [6, 6.07) is 9.29. The minimum atomic E-state index is 0.543. The molecule has 0 saturated carbocycles. The smallest absolute Gasteiger partial charge is 0.108 e. The number of aryl methyl sites for hydroxylation is 2. The average Bonchev–Trinajstić information content (AvgIpc) is 2.89. The Labute approximate surface area is 146 Å². The molecule has 1 saturated heterocycles. The van der Waals surface area contributed by atoms with E-state index in [9.17, 15) is 0 Å². The fourth-order valence-corrected chi connectivity index (χ4v) is 3.76. The quantitative estimate of drug-likeness (QED) is 0.842. The zero-order chi connectivity index (χ0) is 16.9. The summed E-state index contributed by atoms with van der Waals surface area (Å²) >= 11 is 0. The monoisotopic (exact) mass is 326 g/mol. The van der Waals surface area contributed by atoms with Crippen molar-refractivity contribution in [2.45, 2.75) is 46.2 Å². The van der Waals surface area contributed by atoms with Crippen molar-refractivity contribution in [2.75, 3.05) is 31.1 Å². The van der Waals surface area contributed by atoms with E-state index < -0.39 is 0 Å². The summed E-state index contributed by atoms with van der Waals surface area (Å²) in [5.41, 5.74) is 2.78. The molecular weight excluding hydrogens is 296 g/mol. The molecule has 1 unspecified atom stereocenters. The molecule has 1 atom stereocenters. The van der Waals surface area contributed by atoms with Crippen molar-refractivity contribution in [3.05, 3.63) is 48.0 Å². The van der Waals surface area contributed by atoms with Gasteiger partial charge < -0.3 is 9.47 Å². The van der Waals surface area contributed by atoms with Gasteiger partial charge in [-0.05, 0) is 31.9 Å². The Morgan fingerprint density at radius 2 is 1.96 bits per heavy atom. The van der Waals surface area contributed by atoms with Crippen molar-refractivity contribution in [3.8, 4) is 0 Å². The van der Waals surface area contributed by atoms with Gasteiger partial charge >= 0.3 is 0 Å². The average molecular weight is 326 g/mol. The molecule has 1 aliphatic heterocycles. The lowest BCUT2D eigenvalue weighted by Gasteiger charge is -2.29. The summed E-state index contributed by atoms with van der Waals surface area (Å²) in [5, 5.41) is 0. The molecule has 0 radical (unpaired) electrons. The van der Waals surface area contributed by atoms with E-state index in [1.54, 1.807) is 0 Å². The van der Waals surface area contributed by atoms with Crippen molar-refractivity contribution in [3.63, 3.8) is 0 Å². The highest BCUT2D eigenvalue weighted by molar-refractivity contribution is 5.53. The number of rotatable bonds is 5. The van der Waals surface area contributed by atoms with Gasteiger partial charge in [-0.2, -0.15) is 0 Å². The van der Waals surface area contributed by atoms with Crippen LogP contribution < -0.4 is 4.90 Å². The van der Waals surface area contributed by atoms with Gasteiger partial charge in [-0.25, -0.2) is 4.98 Å². The Morgan fingerprint density at radius 1 is 1.12 bits per heavy atom. The predicted molar refractivity (Wildman–Crippen MR) is 101 cm³/mol. The van der Waals surface area contributed by atoms with Gasteiger partial charge in [0.1, 0.15) is 5.82 Å². The van der Waals surface area contributed by atoms with Crippen LogP contribution in [0.2, 0.25) is 0 Å². The summed E-state index contributed by atoms with van der Waals surface area (Å²) in [5.74, 6) is 1.19. The first-order valence-corrected chi connectivity index (χ1v) is 9.23. The summed E-state index contributed by atoms with van der Waals surface area (Å²) in [4.78, 5) is 9.64. The van der Waals surface area contributed by atoms with Crippen LogP contribution in [0.3, 0.4) is 0 Å². The Kier molecular flexibility index (Phi) is 5.56. The number of aromatic nitrogens is 2. The second kappa shape index (κ2) is 7.84. The molecule has 0 N–H and O–H groups in total. The van der Waals surface area contributed by atoms with E-state index >= 15 is 0 Å². The van der Waals surface area contributed by atoms with E-state index in [0.717, 1.165) is 32.6 Å². The fraction of sp³-hybridized carbons (Fsp3) is 0.550. The molecule has 0 aliphatic carbocycles. The van der Waals surface area contributed by atoms with Gasteiger partial charge in [-0.1, -0.05) is 25.1 Å². The van der Waals surface area contributed by atoms with Gasteiger partial charge in [0.15, 0.2) is 0 Å². The van der Waals surface area contributed by atoms with Crippen LogP contribution in [0, 0.1) is 6.92 Å². The van der Waals surface area contributed by atoms with E-state index in [-0.39, 0.29) is 0 Å². The number of benzene rings is 1. The Hall–Kier alpha value is -1.81. The van der Waals surface area contributed by atoms with Crippen LogP contribution in [0.25, 0.3) is 0 Å². The number of para-hydroxylation sites is 1. The van der Waals surface area contributed by atoms with Crippen LogP contribution in [0.1, 0.15) is 31.7 Å². The predicted octanol–water partition coefficient (Wildman–Crippen LogP) is 3.35. The molecule has 4 nitrogen and oxygen atoms in total. The lowest BCUT2D eigenvalue weighted by molar-refractivity contribution is 0.203. The van der Waals surface area contributed by atoms with E-state index in [0.29, 0.717) is 6.04 Å². The molecule has 24 heavy (non-hydrogen) atoms. The Morgan fingerprint density at radius 3 is 2.75 bits per heavy atom. The first-order valence-electron chi connectivity index (χ1n) is 9.23. The van der Waals surface area contributed by atoms with Gasteiger partial charge in [0.25, 0.3) is 0 Å². The highest BCUT2D eigenvalue weighted by Crippen LogP contribution is 2.21. The number of nitrogens with zero attached hydrogens (tertiary/aromatic N) is 4. The molecule has 0 amide bonds. The zero-order valence-electron chi connectivity index (χ0n) is 15.3. The summed E-state index contributed by atoms with van der Waals surface area (Å²) in [7, 11) is 0. The van der Waals surface area contributed by atoms with Crippen molar-refractivity contribution in [1.29, 1.82) is 0 Å². The lowest BCUT2D eigenvalue weighted by Crippen LogP contribution is -2.39. The SMILES string of the molecule is CCc1nccn1CC(C)N1CCCN(c2ccccc2C)CC1. The Balaban J connectivity index is 1.62. The molecule has 1 aliphatic rings. The van der Waals surface area contributed by atoms with E-state index in [1.165, 1.54) is 30.0 Å². The maximum absolute atomic E-state index is 4.45. The van der Waals surface area contributed by atoms with Crippen molar-refractivity contribution in [1.82, 2.24) is 14.5 Å². The Bertz CT molecular complexity index is 649. The first kappa shape index (κ1) is 17.0. The largest absolute Gasteiger partial charge is 0.370 e. The van der Waals surface area contributed by atoms with E-state index in [4.69, 9.17) is 0 Å². The van der Waals surface area contributed by atoms with E-state index in [2.05, 4.69) is 70.6 Å². The normalized spacial score (nSPS) is 17.7. The first-order chi connectivity index (χ1) is 11.7. The highest BCUT2D eigenvalue weighted by Gasteiger charge is 2.20. The third kappa shape index (κ3) is 3.81. The lowest BCUT2D eigenvalue weighted by atomic mass is 10.2. The highest BCUT2D eigenvalue weighted by atomic mass is 15.2. The van der Waals surface area contributed by atoms with Crippen molar-refractivity contribution in [2.24, 2.45) is 0 Å². The molecular formula is C20H30N4. The fourth-order valence-electron chi connectivity index (χ4n) is 3.76. The van der Waals surface area contributed by atoms with Gasteiger partial charge in [-0.15, -0.1) is 0 Å². The third-order valence-corrected chi connectivity index (χ3v) is 5.19. The molecule has 4 heteroatoms. The van der Waals surface area contributed by atoms with Gasteiger partial charge in [-0.3, -0.25) is 4.90 Å². The molecule has 130 valence electrons. The molecule has 2 heterocycles. The summed E-state index contributed by atoms with van der Waals surface area (Å²) in [6.45, 7) is 12.3. The molecule has 1 fully saturated rings. The maximum Gasteiger partial charge on any atom is 0.108 e. The standard InChI is InChI=1S/C20H30N4/c1-4-20-21-10-13-24(20)16-18(3)22-11-7-12-23(15-14-22)19-9-6-5-8-17(19)2/h5-6,8-10,13,18H,4,7,11-12,14-16H2,1-3H3. The number of anilines is 1. The van der Waals surface area contributed by atoms with Crippen LogP contribution in [-0.2, 0) is 13.0 Å². The topological polar surface area (TPSA) is 24.3 Å². The second-order valence-corrected chi connectivity index (χ2v) is 6.86. The minimum absolute atomic E-state index is 0.543. The summed E-state index contributed by atoms with van der Waals surface area (Å²) < 4.78 is 2.31. The van der Waals surface area contributed by atoms with Gasteiger partial charge in [0.2, 0.25) is 0 Å². The van der Waals surface area contributed by atoms with E-state index in [1.807, 2.05) is 6.20 Å². The van der Waals surface area contributed by atoms with Crippen LogP contribution in [0.4, 0.5) is 5.69 Å². The zero-order valence-corrected chi connectivity index (χ0v) is 15.3. The van der Waals surface area contributed by atoms with Crippen molar-refractivity contribution >= 4 is 5.69 Å². The number of hydrogen-bond acceptors (Lipinski definition) is 3. The van der Waals surface area contributed by atoms with Gasteiger partial charge in [0, 0.05) is 63.3 Å². The summed E-state index contributed by atoms with van der Waals surface area (Å²) in [6.07, 6.45) is 6.27. The second-order valence-electron chi connectivity index (χ2n) is 6.86.